The number of aromatic hydroxyl groups is 1. The lowest BCUT2D eigenvalue weighted by Gasteiger charge is -2.04. The van der Waals surface area contributed by atoms with Crippen molar-refractivity contribution in [3.63, 3.8) is 0 Å². The second kappa shape index (κ2) is 4.89. The van der Waals surface area contributed by atoms with Crippen molar-refractivity contribution in [3.05, 3.63) is 65.0 Å². The number of nitrogens with two attached hydrogens (primary N) is 1. The molecule has 96 valence electrons. The predicted molar refractivity (Wildman–Crippen MR) is 66.5 cm³/mol. The van der Waals surface area contributed by atoms with E-state index in [9.17, 15) is 19.1 Å². The van der Waals surface area contributed by atoms with Crippen molar-refractivity contribution in [1.82, 2.24) is 0 Å². The van der Waals surface area contributed by atoms with Gasteiger partial charge in [0.1, 0.15) is 11.6 Å². The normalized spacial score (nSPS) is 10.2. The predicted octanol–water partition coefficient (Wildman–Crippen LogP) is 1.86. The van der Waals surface area contributed by atoms with Gasteiger partial charge in [-0.2, -0.15) is 0 Å². The van der Waals surface area contributed by atoms with E-state index in [0.29, 0.717) is 0 Å². The molecule has 0 unspecified atom stereocenters. The zero-order valence-corrected chi connectivity index (χ0v) is 9.76. The van der Waals surface area contributed by atoms with Crippen LogP contribution in [0, 0.1) is 5.82 Å². The molecule has 2 rings (SSSR count). The third-order valence-corrected chi connectivity index (χ3v) is 2.63. The number of benzene rings is 2. The SMILES string of the molecule is NC(=O)c1ccc(C(=O)c2cc(F)ccc2O)cc1. The van der Waals surface area contributed by atoms with Gasteiger partial charge in [-0.15, -0.1) is 0 Å². The Labute approximate surface area is 108 Å². The van der Waals surface area contributed by atoms with Gasteiger partial charge >= 0.3 is 0 Å². The smallest absolute Gasteiger partial charge is 0.248 e. The molecule has 0 spiro atoms. The van der Waals surface area contributed by atoms with Crippen molar-refractivity contribution < 1.29 is 19.1 Å². The molecule has 3 N–H and O–H groups in total. The van der Waals surface area contributed by atoms with E-state index in [4.69, 9.17) is 5.73 Å². The van der Waals surface area contributed by atoms with Gasteiger partial charge in [-0.1, -0.05) is 12.1 Å². The van der Waals surface area contributed by atoms with Crippen molar-refractivity contribution in [2.24, 2.45) is 5.73 Å². The monoisotopic (exact) mass is 259 g/mol. The Hall–Kier alpha value is -2.69. The van der Waals surface area contributed by atoms with Gasteiger partial charge in [0.05, 0.1) is 5.56 Å². The second-order valence-corrected chi connectivity index (χ2v) is 3.93. The molecule has 19 heavy (non-hydrogen) atoms. The molecule has 0 atom stereocenters. The largest absolute Gasteiger partial charge is 0.507 e. The molecule has 0 aliphatic heterocycles. The summed E-state index contributed by atoms with van der Waals surface area (Å²) in [7, 11) is 0. The lowest BCUT2D eigenvalue weighted by Crippen LogP contribution is -2.11. The molecule has 0 aliphatic rings. The van der Waals surface area contributed by atoms with Crippen molar-refractivity contribution in [2.45, 2.75) is 0 Å². The van der Waals surface area contributed by atoms with Crippen LogP contribution in [-0.2, 0) is 0 Å². The minimum absolute atomic E-state index is 0.133. The lowest BCUT2D eigenvalue weighted by atomic mass is 10.0. The average molecular weight is 259 g/mol. The molecule has 0 saturated heterocycles. The first-order valence-electron chi connectivity index (χ1n) is 5.42. The number of phenols is 1. The van der Waals surface area contributed by atoms with Gasteiger partial charge in [0.2, 0.25) is 5.91 Å². The van der Waals surface area contributed by atoms with Crippen molar-refractivity contribution in [2.75, 3.05) is 0 Å². The number of amides is 1. The maximum Gasteiger partial charge on any atom is 0.248 e. The number of rotatable bonds is 3. The van der Waals surface area contributed by atoms with Crippen LogP contribution in [-0.4, -0.2) is 16.8 Å². The fraction of sp³-hybridized carbons (Fsp3) is 0. The van der Waals surface area contributed by atoms with E-state index in [1.165, 1.54) is 24.3 Å². The van der Waals surface area contributed by atoms with E-state index in [-0.39, 0.29) is 22.4 Å². The minimum Gasteiger partial charge on any atom is -0.507 e. The van der Waals surface area contributed by atoms with E-state index in [1.54, 1.807) is 0 Å². The van der Waals surface area contributed by atoms with Gasteiger partial charge in [0.15, 0.2) is 5.78 Å². The van der Waals surface area contributed by atoms with Gasteiger partial charge in [-0.05, 0) is 30.3 Å². The molecule has 0 fully saturated rings. The Bertz CT molecular complexity index is 650. The molecule has 2 aromatic rings. The molecule has 5 heteroatoms. The van der Waals surface area contributed by atoms with Gasteiger partial charge in [-0.25, -0.2) is 4.39 Å². The molecule has 0 aromatic heterocycles. The minimum atomic E-state index is -0.616. The molecule has 0 radical (unpaired) electrons. The molecule has 4 nitrogen and oxygen atoms in total. The van der Waals surface area contributed by atoms with Crippen molar-refractivity contribution in [1.29, 1.82) is 0 Å². The van der Waals surface area contributed by atoms with Crippen molar-refractivity contribution >= 4 is 11.7 Å². The number of hydrogen-bond donors (Lipinski definition) is 2. The summed E-state index contributed by atoms with van der Waals surface area (Å²) in [6, 6.07) is 8.71. The standard InChI is InChI=1S/C14H10FNO3/c15-10-5-6-12(17)11(7-10)13(18)8-1-3-9(4-2-8)14(16)19/h1-7,17H,(H2,16,19). The first-order valence-corrected chi connectivity index (χ1v) is 5.42. The summed E-state index contributed by atoms with van der Waals surface area (Å²) >= 11 is 0. The fourth-order valence-corrected chi connectivity index (χ4v) is 1.63. The highest BCUT2D eigenvalue weighted by Crippen LogP contribution is 2.21. The maximum atomic E-state index is 13.1. The number of carbonyl (C=O) groups is 2. The van der Waals surface area contributed by atoms with E-state index in [0.717, 1.165) is 18.2 Å². The first kappa shape index (κ1) is 12.8. The number of hydrogen-bond acceptors (Lipinski definition) is 3. The van der Waals surface area contributed by atoms with E-state index in [2.05, 4.69) is 0 Å². The van der Waals surface area contributed by atoms with Crippen molar-refractivity contribution in [3.8, 4) is 5.75 Å². The molecule has 1 amide bonds. The lowest BCUT2D eigenvalue weighted by molar-refractivity contribution is 0.0996. The van der Waals surface area contributed by atoms with Crippen LogP contribution in [0.1, 0.15) is 26.3 Å². The van der Waals surface area contributed by atoms with Gasteiger partial charge in [0.25, 0.3) is 0 Å². The van der Waals surface area contributed by atoms with Crippen LogP contribution in [0.5, 0.6) is 5.75 Å². The average Bonchev–Trinajstić information content (AvgIpc) is 2.41. The number of primary amides is 1. The number of phenolic OH excluding ortho intramolecular Hbond substituents is 1. The highest BCUT2D eigenvalue weighted by molar-refractivity contribution is 6.11. The Kier molecular flexibility index (Phi) is 3.29. The van der Waals surface area contributed by atoms with Crippen LogP contribution in [0.3, 0.4) is 0 Å². The van der Waals surface area contributed by atoms with Crippen LogP contribution in [0.4, 0.5) is 4.39 Å². The Balaban J connectivity index is 2.38. The Morgan fingerprint density at radius 2 is 1.58 bits per heavy atom. The molecular weight excluding hydrogens is 249 g/mol. The van der Waals surface area contributed by atoms with E-state index < -0.39 is 17.5 Å². The summed E-state index contributed by atoms with van der Waals surface area (Å²) in [5.41, 5.74) is 5.44. The third kappa shape index (κ3) is 2.60. The summed E-state index contributed by atoms with van der Waals surface area (Å²) in [4.78, 5) is 23.0. The van der Waals surface area contributed by atoms with Crippen LogP contribution in [0.2, 0.25) is 0 Å². The van der Waals surface area contributed by atoms with Crippen LogP contribution < -0.4 is 5.73 Å². The molecular formula is C14H10FNO3. The summed E-state index contributed by atoms with van der Waals surface area (Å²) in [6.07, 6.45) is 0. The number of ketones is 1. The third-order valence-electron chi connectivity index (χ3n) is 2.63. The topological polar surface area (TPSA) is 80.4 Å². The quantitative estimate of drug-likeness (QED) is 0.825. The van der Waals surface area contributed by atoms with Gasteiger partial charge in [0, 0.05) is 11.1 Å². The number of halogens is 1. The Morgan fingerprint density at radius 1 is 1.00 bits per heavy atom. The van der Waals surface area contributed by atoms with Crippen LogP contribution in [0.15, 0.2) is 42.5 Å². The number of carbonyl (C=O) groups excluding carboxylic acids is 2. The first-order chi connectivity index (χ1) is 8.99. The highest BCUT2D eigenvalue weighted by atomic mass is 19.1. The van der Waals surface area contributed by atoms with E-state index in [1.807, 2.05) is 0 Å². The molecule has 2 aromatic carbocycles. The highest BCUT2D eigenvalue weighted by Gasteiger charge is 2.14. The summed E-state index contributed by atoms with van der Waals surface area (Å²) < 4.78 is 13.1. The molecule has 0 bridgehead atoms. The molecule has 0 heterocycles. The summed E-state index contributed by atoms with van der Waals surface area (Å²) in [5.74, 6) is -2.05. The molecule has 0 saturated carbocycles. The zero-order valence-electron chi connectivity index (χ0n) is 9.76. The van der Waals surface area contributed by atoms with Crippen LogP contribution in [0.25, 0.3) is 0 Å². The molecule has 0 aliphatic carbocycles. The summed E-state index contributed by atoms with van der Waals surface area (Å²) in [6.45, 7) is 0. The Morgan fingerprint density at radius 3 is 2.16 bits per heavy atom. The zero-order chi connectivity index (χ0) is 14.0. The second-order valence-electron chi connectivity index (χ2n) is 3.93. The fourth-order valence-electron chi connectivity index (χ4n) is 1.63. The van der Waals surface area contributed by atoms with Gasteiger partial charge in [-0.3, -0.25) is 9.59 Å². The van der Waals surface area contributed by atoms with Crippen LogP contribution >= 0.6 is 0 Å². The van der Waals surface area contributed by atoms with Gasteiger partial charge < -0.3 is 10.8 Å². The van der Waals surface area contributed by atoms with E-state index >= 15 is 0 Å². The summed E-state index contributed by atoms with van der Waals surface area (Å²) in [5, 5.41) is 9.55. The maximum absolute atomic E-state index is 13.1.